The van der Waals surface area contributed by atoms with Gasteiger partial charge in [-0.15, -0.1) is 0 Å². The van der Waals surface area contributed by atoms with E-state index in [0.29, 0.717) is 17.6 Å². The van der Waals surface area contributed by atoms with Crippen LogP contribution in [0, 0.1) is 13.8 Å². The van der Waals surface area contributed by atoms with Crippen LogP contribution in [-0.4, -0.2) is 27.7 Å². The Morgan fingerprint density at radius 2 is 1.89 bits per heavy atom. The number of ether oxygens (including phenoxy) is 1. The fourth-order valence-electron chi connectivity index (χ4n) is 3.02. The van der Waals surface area contributed by atoms with Crippen LogP contribution >= 0.6 is 0 Å². The summed E-state index contributed by atoms with van der Waals surface area (Å²) in [4.78, 5) is 17.0. The summed E-state index contributed by atoms with van der Waals surface area (Å²) in [5, 5.41) is 10.0. The van der Waals surface area contributed by atoms with Crippen LogP contribution in [0.15, 0.2) is 48.5 Å². The van der Waals surface area contributed by atoms with Crippen molar-refractivity contribution < 1.29 is 9.53 Å². The summed E-state index contributed by atoms with van der Waals surface area (Å²) in [5.41, 5.74) is 3.09. The summed E-state index contributed by atoms with van der Waals surface area (Å²) in [6.07, 6.45) is 0. The second-order valence-corrected chi connectivity index (χ2v) is 7.17. The smallest absolute Gasteiger partial charge is 0.258 e. The summed E-state index contributed by atoms with van der Waals surface area (Å²) in [6, 6.07) is 15.3. The molecule has 0 fully saturated rings. The van der Waals surface area contributed by atoms with Crippen molar-refractivity contribution in [1.82, 2.24) is 20.5 Å². The molecule has 0 spiro atoms. The van der Waals surface area contributed by atoms with E-state index in [1.165, 1.54) is 0 Å². The van der Waals surface area contributed by atoms with Crippen molar-refractivity contribution in [2.75, 3.05) is 6.61 Å². The highest BCUT2D eigenvalue weighted by Crippen LogP contribution is 2.27. The van der Waals surface area contributed by atoms with E-state index in [0.717, 1.165) is 22.4 Å². The Morgan fingerprint density at radius 3 is 2.54 bits per heavy atom. The third-order valence-corrected chi connectivity index (χ3v) is 4.46. The van der Waals surface area contributed by atoms with E-state index in [1.807, 2.05) is 50.2 Å². The normalized spacial score (nSPS) is 12.0. The van der Waals surface area contributed by atoms with Gasteiger partial charge in [0.05, 0.1) is 0 Å². The molecule has 2 aromatic carbocycles. The summed E-state index contributed by atoms with van der Waals surface area (Å²) in [6.45, 7) is 7.97. The molecule has 1 atom stereocenters. The molecule has 1 amide bonds. The minimum absolute atomic E-state index is 0.0735. The number of aromatic amines is 1. The number of nitrogens with zero attached hydrogens (tertiary/aromatic N) is 2. The van der Waals surface area contributed by atoms with Gasteiger partial charge < -0.3 is 10.1 Å². The zero-order chi connectivity index (χ0) is 20.1. The van der Waals surface area contributed by atoms with E-state index in [-0.39, 0.29) is 12.5 Å². The highest BCUT2D eigenvalue weighted by atomic mass is 16.5. The van der Waals surface area contributed by atoms with Crippen LogP contribution < -0.4 is 10.1 Å². The molecule has 0 saturated heterocycles. The number of hydrogen-bond donors (Lipinski definition) is 2. The van der Waals surface area contributed by atoms with Gasteiger partial charge in [0.1, 0.15) is 17.6 Å². The second-order valence-electron chi connectivity index (χ2n) is 7.17. The lowest BCUT2D eigenvalue weighted by molar-refractivity contribution is -0.123. The molecule has 0 radical (unpaired) electrons. The topological polar surface area (TPSA) is 79.9 Å². The Bertz CT molecular complexity index is 935. The number of carbonyl (C=O) groups is 1. The fourth-order valence-corrected chi connectivity index (χ4v) is 3.02. The molecule has 0 bridgehead atoms. The molecule has 1 aromatic heterocycles. The van der Waals surface area contributed by atoms with E-state index in [9.17, 15) is 4.79 Å². The van der Waals surface area contributed by atoms with E-state index >= 15 is 0 Å². The van der Waals surface area contributed by atoms with Crippen molar-refractivity contribution >= 4 is 5.91 Å². The Morgan fingerprint density at radius 1 is 1.14 bits per heavy atom. The fraction of sp³-hybridized carbons (Fsp3) is 0.318. The molecule has 1 unspecified atom stereocenters. The highest BCUT2D eigenvalue weighted by Gasteiger charge is 2.21. The molecule has 0 saturated carbocycles. The molecule has 6 nitrogen and oxygen atoms in total. The summed E-state index contributed by atoms with van der Waals surface area (Å²) in [7, 11) is 0. The number of amides is 1. The highest BCUT2D eigenvalue weighted by molar-refractivity contribution is 5.78. The standard InChI is InChI=1S/C22H26N4O2/c1-14(2)18-11-10-15(3)12-19(18)28-13-20(27)24-21(17-8-6-5-7-9-17)22-23-16(4)25-26-22/h5-12,14,21H,13H2,1-4H3,(H,24,27)(H,23,25,26). The second kappa shape index (κ2) is 8.69. The first-order chi connectivity index (χ1) is 13.4. The van der Waals surface area contributed by atoms with E-state index in [4.69, 9.17) is 4.74 Å². The van der Waals surface area contributed by atoms with Crippen molar-refractivity contribution in [2.24, 2.45) is 0 Å². The van der Waals surface area contributed by atoms with Crippen LogP contribution in [0.1, 0.15) is 54.1 Å². The molecule has 3 rings (SSSR count). The van der Waals surface area contributed by atoms with Crippen molar-refractivity contribution in [3.05, 3.63) is 76.9 Å². The van der Waals surface area contributed by atoms with Crippen LogP contribution in [0.3, 0.4) is 0 Å². The molecule has 0 aliphatic carbocycles. The molecule has 3 aromatic rings. The molecule has 28 heavy (non-hydrogen) atoms. The number of carbonyl (C=O) groups excluding carboxylic acids is 1. The SMILES string of the molecule is Cc1ccc(C(C)C)c(OCC(=O)NC(c2ccccc2)c2n[nH]c(C)n2)c1. The Hall–Kier alpha value is -3.15. The van der Waals surface area contributed by atoms with Gasteiger partial charge in [0.2, 0.25) is 0 Å². The summed E-state index contributed by atoms with van der Waals surface area (Å²) in [5.74, 6) is 2.05. The number of benzene rings is 2. The van der Waals surface area contributed by atoms with Gasteiger partial charge in [-0.2, -0.15) is 5.10 Å². The number of aryl methyl sites for hydroxylation is 2. The number of H-pyrrole nitrogens is 1. The number of aromatic nitrogens is 3. The lowest BCUT2D eigenvalue weighted by atomic mass is 10.0. The maximum absolute atomic E-state index is 12.6. The molecule has 1 heterocycles. The monoisotopic (exact) mass is 378 g/mol. The Labute approximate surface area is 165 Å². The van der Waals surface area contributed by atoms with Gasteiger partial charge in [-0.05, 0) is 42.5 Å². The molecule has 0 aliphatic heterocycles. The van der Waals surface area contributed by atoms with Gasteiger partial charge in [-0.25, -0.2) is 4.98 Å². The molecule has 6 heteroatoms. The maximum atomic E-state index is 12.6. The lowest BCUT2D eigenvalue weighted by Crippen LogP contribution is -2.34. The first-order valence-electron chi connectivity index (χ1n) is 9.40. The predicted octanol–water partition coefficient (Wildman–Crippen LogP) is 3.83. The summed E-state index contributed by atoms with van der Waals surface area (Å²) >= 11 is 0. The average Bonchev–Trinajstić information content (AvgIpc) is 3.11. The van der Waals surface area contributed by atoms with Crippen LogP contribution in [0.25, 0.3) is 0 Å². The van der Waals surface area contributed by atoms with E-state index in [2.05, 4.69) is 46.5 Å². The Balaban J connectivity index is 1.74. The van der Waals surface area contributed by atoms with Crippen LogP contribution in [-0.2, 0) is 4.79 Å². The first-order valence-corrected chi connectivity index (χ1v) is 9.40. The molecular weight excluding hydrogens is 352 g/mol. The van der Waals surface area contributed by atoms with Gasteiger partial charge in [0, 0.05) is 0 Å². The molecule has 0 aliphatic rings. The third kappa shape index (κ3) is 4.76. The third-order valence-electron chi connectivity index (χ3n) is 4.46. The van der Waals surface area contributed by atoms with Crippen molar-refractivity contribution in [1.29, 1.82) is 0 Å². The molecule has 2 N–H and O–H groups in total. The minimum atomic E-state index is -0.440. The lowest BCUT2D eigenvalue weighted by Gasteiger charge is -2.18. The van der Waals surface area contributed by atoms with Gasteiger partial charge >= 0.3 is 0 Å². The largest absolute Gasteiger partial charge is 0.483 e. The van der Waals surface area contributed by atoms with Crippen LogP contribution in [0.4, 0.5) is 0 Å². The summed E-state index contributed by atoms with van der Waals surface area (Å²) < 4.78 is 5.86. The van der Waals surface area contributed by atoms with E-state index < -0.39 is 6.04 Å². The Kier molecular flexibility index (Phi) is 6.09. The number of hydrogen-bond acceptors (Lipinski definition) is 4. The van der Waals surface area contributed by atoms with Crippen molar-refractivity contribution in [3.8, 4) is 5.75 Å². The quantitative estimate of drug-likeness (QED) is 0.655. The van der Waals surface area contributed by atoms with Gasteiger partial charge in [0.15, 0.2) is 12.4 Å². The number of nitrogens with one attached hydrogen (secondary N) is 2. The zero-order valence-electron chi connectivity index (χ0n) is 16.7. The van der Waals surface area contributed by atoms with Gasteiger partial charge in [-0.3, -0.25) is 9.89 Å². The van der Waals surface area contributed by atoms with Crippen molar-refractivity contribution in [2.45, 2.75) is 39.7 Å². The molecule has 146 valence electrons. The minimum Gasteiger partial charge on any atom is -0.483 e. The first kappa shape index (κ1) is 19.6. The van der Waals surface area contributed by atoms with Gasteiger partial charge in [-0.1, -0.05) is 56.3 Å². The van der Waals surface area contributed by atoms with Crippen molar-refractivity contribution in [3.63, 3.8) is 0 Å². The maximum Gasteiger partial charge on any atom is 0.258 e. The average molecular weight is 378 g/mol. The van der Waals surface area contributed by atoms with Crippen LogP contribution in [0.2, 0.25) is 0 Å². The predicted molar refractivity (Wildman–Crippen MR) is 108 cm³/mol. The zero-order valence-corrected chi connectivity index (χ0v) is 16.7. The van der Waals surface area contributed by atoms with Gasteiger partial charge in [0.25, 0.3) is 5.91 Å². The number of rotatable bonds is 7. The van der Waals surface area contributed by atoms with E-state index in [1.54, 1.807) is 0 Å². The van der Waals surface area contributed by atoms with Crippen LogP contribution in [0.5, 0.6) is 5.75 Å². The molecular formula is C22H26N4O2.